The second kappa shape index (κ2) is 5.14. The summed E-state index contributed by atoms with van der Waals surface area (Å²) in [5, 5.41) is 0.653. The van der Waals surface area contributed by atoms with Gasteiger partial charge in [-0.3, -0.25) is 0 Å². The maximum absolute atomic E-state index is 6.33. The maximum Gasteiger partial charge on any atom is 0.159 e. The number of nitrogens with zero attached hydrogens (tertiary/aromatic N) is 2. The molecule has 18 heavy (non-hydrogen) atoms. The predicted octanol–water partition coefficient (Wildman–Crippen LogP) is 3.64. The second-order valence-electron chi connectivity index (χ2n) is 5.37. The van der Waals surface area contributed by atoms with Crippen molar-refractivity contribution >= 4 is 11.6 Å². The lowest BCUT2D eigenvalue weighted by molar-refractivity contribution is 0.0501. The largest absolute Gasteiger partial charge is 0.367 e. The zero-order chi connectivity index (χ0) is 12.5. The maximum atomic E-state index is 6.33. The molecular formula is C14H19ClN2O. The molecule has 1 aromatic rings. The topological polar surface area (TPSA) is 35.0 Å². The van der Waals surface area contributed by atoms with Gasteiger partial charge in [0.25, 0.3) is 0 Å². The minimum atomic E-state index is 0.0473. The van der Waals surface area contributed by atoms with Crippen molar-refractivity contribution in [1.82, 2.24) is 9.97 Å². The van der Waals surface area contributed by atoms with Gasteiger partial charge in [-0.1, -0.05) is 18.0 Å². The van der Waals surface area contributed by atoms with Crippen molar-refractivity contribution < 1.29 is 4.74 Å². The Morgan fingerprint density at radius 1 is 1.11 bits per heavy atom. The number of rotatable bonds is 1. The zero-order valence-electron chi connectivity index (χ0n) is 10.8. The van der Waals surface area contributed by atoms with Crippen LogP contribution in [0, 0.1) is 0 Å². The minimum absolute atomic E-state index is 0.0473. The molecule has 2 unspecified atom stereocenters. The molecule has 0 spiro atoms. The highest BCUT2D eigenvalue weighted by Crippen LogP contribution is 2.33. The second-order valence-corrected chi connectivity index (χ2v) is 5.73. The lowest BCUT2D eigenvalue weighted by atomic mass is 10.1. The van der Waals surface area contributed by atoms with E-state index in [4.69, 9.17) is 21.3 Å². The first kappa shape index (κ1) is 12.4. The van der Waals surface area contributed by atoms with Crippen LogP contribution in [0.25, 0.3) is 0 Å². The number of hydrogen-bond acceptors (Lipinski definition) is 3. The highest BCUT2D eigenvalue weighted by atomic mass is 35.5. The summed E-state index contributed by atoms with van der Waals surface area (Å²) in [5.41, 5.74) is 2.33. The Bertz CT molecular complexity index is 450. The molecule has 0 amide bonds. The lowest BCUT2D eigenvalue weighted by Crippen LogP contribution is -2.10. The first-order chi connectivity index (χ1) is 8.74. The molecular weight excluding hydrogens is 248 g/mol. The SMILES string of the molecule is CC1CCC(c2nc(Cl)c3c(n2)CCCCC3)O1. The highest BCUT2D eigenvalue weighted by molar-refractivity contribution is 6.30. The smallest absolute Gasteiger partial charge is 0.159 e. The third kappa shape index (κ3) is 2.39. The van der Waals surface area contributed by atoms with Gasteiger partial charge in [-0.15, -0.1) is 0 Å². The van der Waals surface area contributed by atoms with Gasteiger partial charge in [0.1, 0.15) is 11.3 Å². The van der Waals surface area contributed by atoms with Crippen molar-refractivity contribution in [1.29, 1.82) is 0 Å². The van der Waals surface area contributed by atoms with Crippen LogP contribution in [0.5, 0.6) is 0 Å². The number of ether oxygens (including phenoxy) is 1. The van der Waals surface area contributed by atoms with Crippen molar-refractivity contribution in [2.75, 3.05) is 0 Å². The van der Waals surface area contributed by atoms with E-state index in [-0.39, 0.29) is 6.10 Å². The van der Waals surface area contributed by atoms with Crippen LogP contribution in [-0.2, 0) is 17.6 Å². The third-order valence-electron chi connectivity index (χ3n) is 3.92. The summed E-state index contributed by atoms with van der Waals surface area (Å²) in [7, 11) is 0. The van der Waals surface area contributed by atoms with Crippen LogP contribution in [-0.4, -0.2) is 16.1 Å². The standard InChI is InChI=1S/C14H19ClN2O/c1-9-7-8-12(18-9)14-16-11-6-4-2-3-5-10(11)13(15)17-14/h9,12H,2-8H2,1H3. The first-order valence-corrected chi connectivity index (χ1v) is 7.32. The van der Waals surface area contributed by atoms with Gasteiger partial charge in [-0.25, -0.2) is 9.97 Å². The van der Waals surface area contributed by atoms with Crippen LogP contribution < -0.4 is 0 Å². The molecule has 0 radical (unpaired) electrons. The Balaban J connectivity index is 1.92. The van der Waals surface area contributed by atoms with Gasteiger partial charge in [-0.05, 0) is 45.4 Å². The first-order valence-electron chi connectivity index (χ1n) is 6.94. The minimum Gasteiger partial charge on any atom is -0.367 e. The van der Waals surface area contributed by atoms with E-state index in [9.17, 15) is 0 Å². The van der Waals surface area contributed by atoms with Crippen molar-refractivity contribution in [2.45, 2.75) is 64.1 Å². The zero-order valence-corrected chi connectivity index (χ0v) is 11.5. The van der Waals surface area contributed by atoms with Crippen LogP contribution in [0.1, 0.15) is 62.2 Å². The molecule has 2 aliphatic rings. The van der Waals surface area contributed by atoms with Crippen molar-refractivity contribution in [3.05, 3.63) is 22.2 Å². The van der Waals surface area contributed by atoms with Gasteiger partial charge >= 0.3 is 0 Å². The molecule has 98 valence electrons. The van der Waals surface area contributed by atoms with Crippen LogP contribution in [0.4, 0.5) is 0 Å². The molecule has 2 heterocycles. The normalized spacial score (nSPS) is 27.9. The van der Waals surface area contributed by atoms with Gasteiger partial charge in [-0.2, -0.15) is 0 Å². The van der Waals surface area contributed by atoms with E-state index in [0.717, 1.165) is 37.2 Å². The van der Waals surface area contributed by atoms with E-state index >= 15 is 0 Å². The van der Waals surface area contributed by atoms with E-state index in [1.54, 1.807) is 0 Å². The molecule has 4 heteroatoms. The summed E-state index contributed by atoms with van der Waals surface area (Å²) in [5.74, 6) is 0.796. The third-order valence-corrected chi connectivity index (χ3v) is 4.23. The summed E-state index contributed by atoms with van der Waals surface area (Å²) in [4.78, 5) is 9.20. The van der Waals surface area contributed by atoms with Gasteiger partial charge < -0.3 is 4.74 Å². The summed E-state index contributed by atoms with van der Waals surface area (Å²) in [6.45, 7) is 2.10. The number of aryl methyl sites for hydroxylation is 1. The molecule has 1 saturated heterocycles. The van der Waals surface area contributed by atoms with Crippen LogP contribution >= 0.6 is 11.6 Å². The molecule has 1 aliphatic carbocycles. The molecule has 2 atom stereocenters. The number of halogens is 1. The number of aromatic nitrogens is 2. The monoisotopic (exact) mass is 266 g/mol. The van der Waals surface area contributed by atoms with E-state index in [0.29, 0.717) is 11.3 Å². The quantitative estimate of drug-likeness (QED) is 0.575. The van der Waals surface area contributed by atoms with E-state index in [2.05, 4.69) is 11.9 Å². The molecule has 0 aromatic carbocycles. The van der Waals surface area contributed by atoms with Crippen LogP contribution in [0.3, 0.4) is 0 Å². The molecule has 0 bridgehead atoms. The van der Waals surface area contributed by atoms with Crippen LogP contribution in [0.2, 0.25) is 5.15 Å². The number of fused-ring (bicyclic) bond motifs is 1. The number of hydrogen-bond donors (Lipinski definition) is 0. The fourth-order valence-electron chi connectivity index (χ4n) is 2.88. The van der Waals surface area contributed by atoms with Gasteiger partial charge in [0.05, 0.1) is 6.10 Å². The van der Waals surface area contributed by atoms with Gasteiger partial charge in [0.2, 0.25) is 0 Å². The Labute approximate surface area is 113 Å². The Morgan fingerprint density at radius 3 is 2.72 bits per heavy atom. The fourth-order valence-corrected chi connectivity index (χ4v) is 3.17. The molecule has 3 nitrogen and oxygen atoms in total. The van der Waals surface area contributed by atoms with Crippen molar-refractivity contribution in [2.24, 2.45) is 0 Å². The van der Waals surface area contributed by atoms with E-state index in [1.165, 1.54) is 24.8 Å². The summed E-state index contributed by atoms with van der Waals surface area (Å²) < 4.78 is 5.84. The van der Waals surface area contributed by atoms with Crippen LogP contribution in [0.15, 0.2) is 0 Å². The van der Waals surface area contributed by atoms with Gasteiger partial charge in [0, 0.05) is 11.3 Å². The lowest BCUT2D eigenvalue weighted by Gasteiger charge is -2.14. The fraction of sp³-hybridized carbons (Fsp3) is 0.714. The molecule has 3 rings (SSSR count). The average Bonchev–Trinajstić information content (AvgIpc) is 2.63. The van der Waals surface area contributed by atoms with Crippen molar-refractivity contribution in [3.8, 4) is 0 Å². The summed E-state index contributed by atoms with van der Waals surface area (Å²) >= 11 is 6.33. The Morgan fingerprint density at radius 2 is 1.94 bits per heavy atom. The Hall–Kier alpha value is -0.670. The van der Waals surface area contributed by atoms with E-state index in [1.807, 2.05) is 0 Å². The molecule has 0 saturated carbocycles. The summed E-state index contributed by atoms with van der Waals surface area (Å²) in [6.07, 6.45) is 8.19. The predicted molar refractivity (Wildman–Crippen MR) is 70.8 cm³/mol. The van der Waals surface area contributed by atoms with Gasteiger partial charge in [0.15, 0.2) is 5.82 Å². The summed E-state index contributed by atoms with van der Waals surface area (Å²) in [6, 6.07) is 0. The molecule has 1 aromatic heterocycles. The van der Waals surface area contributed by atoms with Crippen molar-refractivity contribution in [3.63, 3.8) is 0 Å². The average molecular weight is 267 g/mol. The molecule has 0 N–H and O–H groups in total. The van der Waals surface area contributed by atoms with E-state index < -0.39 is 0 Å². The Kier molecular flexibility index (Phi) is 3.53. The highest BCUT2D eigenvalue weighted by Gasteiger charge is 2.27. The molecule has 1 fully saturated rings. The molecule has 1 aliphatic heterocycles.